The summed E-state index contributed by atoms with van der Waals surface area (Å²) in [6.45, 7) is 10.6. The lowest BCUT2D eigenvalue weighted by Crippen LogP contribution is -2.26. The minimum Gasteiger partial charge on any atom is -0.491 e. The van der Waals surface area contributed by atoms with E-state index in [0.717, 1.165) is 66.0 Å². The van der Waals surface area contributed by atoms with Gasteiger partial charge in [0.2, 0.25) is 5.91 Å². The third-order valence-electron chi connectivity index (χ3n) is 7.11. The van der Waals surface area contributed by atoms with E-state index in [2.05, 4.69) is 67.1 Å². The molecule has 1 amide bonds. The number of benzene rings is 3. The highest BCUT2D eigenvalue weighted by atomic mass is 16.5. The molecule has 0 bridgehead atoms. The van der Waals surface area contributed by atoms with E-state index in [0.29, 0.717) is 25.5 Å². The summed E-state index contributed by atoms with van der Waals surface area (Å²) in [6.07, 6.45) is 4.40. The number of amides is 1. The summed E-state index contributed by atoms with van der Waals surface area (Å²) < 4.78 is 8.61. The summed E-state index contributed by atoms with van der Waals surface area (Å²) in [4.78, 5) is 17.2. The van der Waals surface area contributed by atoms with Gasteiger partial charge < -0.3 is 14.6 Å². The molecule has 5 heteroatoms. The quantitative estimate of drug-likeness (QED) is 0.198. The van der Waals surface area contributed by atoms with Gasteiger partial charge in [-0.05, 0) is 73.1 Å². The summed E-state index contributed by atoms with van der Waals surface area (Å²) in [5.41, 5.74) is 6.90. The van der Waals surface area contributed by atoms with Gasteiger partial charge in [0.1, 0.15) is 18.2 Å². The molecule has 0 saturated carbocycles. The molecule has 0 unspecified atom stereocenters. The van der Waals surface area contributed by atoms with E-state index < -0.39 is 0 Å². The Kier molecular flexibility index (Phi) is 9.58. The predicted molar refractivity (Wildman–Crippen MR) is 156 cm³/mol. The summed E-state index contributed by atoms with van der Waals surface area (Å²) >= 11 is 0. The molecule has 4 rings (SSSR count). The minimum atomic E-state index is 0.0929. The van der Waals surface area contributed by atoms with Gasteiger partial charge in [0.25, 0.3) is 0 Å². The Morgan fingerprint density at radius 2 is 1.76 bits per heavy atom. The zero-order valence-electron chi connectivity index (χ0n) is 23.3. The average Bonchev–Trinajstić information content (AvgIpc) is 3.24. The van der Waals surface area contributed by atoms with Crippen LogP contribution in [-0.4, -0.2) is 28.6 Å². The van der Waals surface area contributed by atoms with E-state index in [4.69, 9.17) is 9.72 Å². The van der Waals surface area contributed by atoms with Gasteiger partial charge in [0.15, 0.2) is 0 Å². The first-order chi connectivity index (χ1) is 18.4. The van der Waals surface area contributed by atoms with Crippen molar-refractivity contribution < 1.29 is 9.53 Å². The number of unbranched alkanes of at least 4 members (excludes halogenated alkanes) is 2. The van der Waals surface area contributed by atoms with E-state index in [1.54, 1.807) is 0 Å². The van der Waals surface area contributed by atoms with E-state index in [1.165, 1.54) is 11.1 Å². The predicted octanol–water partition coefficient (Wildman–Crippen LogP) is 6.93. The fourth-order valence-electron chi connectivity index (χ4n) is 4.91. The number of nitrogens with one attached hydrogen (secondary N) is 1. The molecular weight excluding hydrogens is 470 g/mol. The molecule has 1 aromatic heterocycles. The summed E-state index contributed by atoms with van der Waals surface area (Å²) in [6, 6.07) is 22.9. The van der Waals surface area contributed by atoms with E-state index in [1.807, 2.05) is 37.3 Å². The molecule has 1 heterocycles. The second-order valence-corrected chi connectivity index (χ2v) is 10.5. The lowest BCUT2D eigenvalue weighted by Gasteiger charge is -2.16. The highest BCUT2D eigenvalue weighted by Crippen LogP contribution is 2.28. The topological polar surface area (TPSA) is 56.1 Å². The molecule has 5 nitrogen and oxygen atoms in total. The lowest BCUT2D eigenvalue weighted by molar-refractivity contribution is -0.120. The highest BCUT2D eigenvalue weighted by Gasteiger charge is 2.12. The van der Waals surface area contributed by atoms with Gasteiger partial charge in [0, 0.05) is 13.0 Å². The third-order valence-corrected chi connectivity index (χ3v) is 7.11. The molecular formula is C33H41N3O2. The minimum absolute atomic E-state index is 0.0929. The summed E-state index contributed by atoms with van der Waals surface area (Å²) in [5, 5.41) is 3.07. The number of hydrogen-bond acceptors (Lipinski definition) is 3. The Bertz CT molecular complexity index is 1360. The van der Waals surface area contributed by atoms with Crippen molar-refractivity contribution in [1.82, 2.24) is 14.9 Å². The number of hydrogen-bond donors (Lipinski definition) is 1. The second kappa shape index (κ2) is 13.3. The maximum absolute atomic E-state index is 12.3. The molecule has 0 aliphatic heterocycles. The smallest absolute Gasteiger partial charge is 0.224 e. The van der Waals surface area contributed by atoms with Gasteiger partial charge in [-0.25, -0.2) is 4.98 Å². The maximum Gasteiger partial charge on any atom is 0.224 e. The summed E-state index contributed by atoms with van der Waals surface area (Å²) in [5.74, 6) is 2.60. The third kappa shape index (κ3) is 7.25. The van der Waals surface area contributed by atoms with Gasteiger partial charge in [-0.1, -0.05) is 68.8 Å². The zero-order chi connectivity index (χ0) is 26.9. The Balaban J connectivity index is 1.28. The second-order valence-electron chi connectivity index (χ2n) is 10.5. The Labute approximate surface area is 227 Å². The van der Waals surface area contributed by atoms with Crippen LogP contribution in [-0.2, 0) is 24.2 Å². The largest absolute Gasteiger partial charge is 0.491 e. The normalized spacial score (nSPS) is 11.3. The molecule has 0 radical (unpaired) electrons. The van der Waals surface area contributed by atoms with Crippen molar-refractivity contribution >= 4 is 16.9 Å². The molecule has 200 valence electrons. The van der Waals surface area contributed by atoms with Crippen LogP contribution in [0.25, 0.3) is 11.0 Å². The number of para-hydroxylation sites is 2. The van der Waals surface area contributed by atoms with Gasteiger partial charge in [-0.2, -0.15) is 0 Å². The van der Waals surface area contributed by atoms with Crippen LogP contribution < -0.4 is 10.1 Å². The number of rotatable bonds is 13. The van der Waals surface area contributed by atoms with Crippen LogP contribution in [0.1, 0.15) is 67.1 Å². The van der Waals surface area contributed by atoms with Crippen LogP contribution >= 0.6 is 0 Å². The first-order valence-electron chi connectivity index (χ1n) is 13.9. The van der Waals surface area contributed by atoms with Crippen molar-refractivity contribution in [2.24, 2.45) is 0 Å². The number of ether oxygens (including phenoxy) is 1. The van der Waals surface area contributed by atoms with Crippen molar-refractivity contribution in [3.63, 3.8) is 0 Å². The zero-order valence-corrected chi connectivity index (χ0v) is 23.3. The Morgan fingerprint density at radius 3 is 2.58 bits per heavy atom. The molecule has 38 heavy (non-hydrogen) atoms. The monoisotopic (exact) mass is 511 g/mol. The standard InChI is InChI=1S/C33H41N3O2/c1-24(2)28-18-17-25(3)22-31(28)38-21-20-36-30-15-10-9-14-29(30)35-32(36)16-6-5-11-19-34-33(37)23-27-13-8-7-12-26(27)4/h7-10,12-15,17-18,22,24H,5-6,11,16,19-21,23H2,1-4H3,(H,34,37). The number of aromatic nitrogens is 2. The molecule has 0 spiro atoms. The Morgan fingerprint density at radius 1 is 0.974 bits per heavy atom. The highest BCUT2D eigenvalue weighted by molar-refractivity contribution is 5.78. The molecule has 0 saturated heterocycles. The fourth-order valence-corrected chi connectivity index (χ4v) is 4.91. The number of fused-ring (bicyclic) bond motifs is 1. The number of nitrogens with zero attached hydrogens (tertiary/aromatic N) is 2. The van der Waals surface area contributed by atoms with Crippen LogP contribution in [0, 0.1) is 13.8 Å². The average molecular weight is 512 g/mol. The fraction of sp³-hybridized carbons (Fsp3) is 0.394. The molecule has 0 atom stereocenters. The van der Waals surface area contributed by atoms with Crippen LogP contribution in [0.4, 0.5) is 0 Å². The van der Waals surface area contributed by atoms with Gasteiger partial charge in [-0.3, -0.25) is 4.79 Å². The van der Waals surface area contributed by atoms with Crippen LogP contribution in [0.5, 0.6) is 5.75 Å². The van der Waals surface area contributed by atoms with E-state index in [9.17, 15) is 4.79 Å². The van der Waals surface area contributed by atoms with Crippen molar-refractivity contribution in [2.75, 3.05) is 13.2 Å². The van der Waals surface area contributed by atoms with E-state index in [-0.39, 0.29) is 5.91 Å². The van der Waals surface area contributed by atoms with Gasteiger partial charge in [0.05, 0.1) is 24.0 Å². The SMILES string of the molecule is Cc1ccc(C(C)C)c(OCCn2c(CCCCCNC(=O)Cc3ccccc3C)nc3ccccc32)c1. The lowest BCUT2D eigenvalue weighted by atomic mass is 10.0. The molecule has 1 N–H and O–H groups in total. The molecule has 0 aliphatic carbocycles. The van der Waals surface area contributed by atoms with Crippen LogP contribution in [0.15, 0.2) is 66.7 Å². The van der Waals surface area contributed by atoms with Gasteiger partial charge >= 0.3 is 0 Å². The maximum atomic E-state index is 12.3. The number of carbonyl (C=O) groups is 1. The van der Waals surface area contributed by atoms with Crippen molar-refractivity contribution in [3.05, 3.63) is 94.8 Å². The molecule has 0 aliphatic rings. The number of carbonyl (C=O) groups excluding carboxylic acids is 1. The van der Waals surface area contributed by atoms with Crippen molar-refractivity contribution in [1.29, 1.82) is 0 Å². The van der Waals surface area contributed by atoms with E-state index >= 15 is 0 Å². The number of imidazole rings is 1. The summed E-state index contributed by atoms with van der Waals surface area (Å²) in [7, 11) is 0. The number of aryl methyl sites for hydroxylation is 3. The Hall–Kier alpha value is -3.60. The van der Waals surface area contributed by atoms with Gasteiger partial charge in [-0.15, -0.1) is 0 Å². The first-order valence-corrected chi connectivity index (χ1v) is 13.9. The molecule has 0 fully saturated rings. The van der Waals surface area contributed by atoms with Crippen LogP contribution in [0.2, 0.25) is 0 Å². The molecule has 3 aromatic carbocycles. The van der Waals surface area contributed by atoms with Crippen molar-refractivity contribution in [3.8, 4) is 5.75 Å². The molecule has 4 aromatic rings. The first kappa shape index (κ1) is 27.4. The van der Waals surface area contributed by atoms with Crippen LogP contribution in [0.3, 0.4) is 0 Å². The van der Waals surface area contributed by atoms with Crippen molar-refractivity contribution in [2.45, 2.75) is 72.3 Å².